The van der Waals surface area contributed by atoms with E-state index >= 15 is 0 Å². The molecule has 0 bridgehead atoms. The van der Waals surface area contributed by atoms with E-state index < -0.39 is 0 Å². The van der Waals surface area contributed by atoms with E-state index in [1.165, 1.54) is 5.56 Å². The van der Waals surface area contributed by atoms with Crippen LogP contribution in [0.25, 0.3) is 10.6 Å². The van der Waals surface area contributed by atoms with Crippen LogP contribution >= 0.6 is 11.3 Å². The number of nitrogens with zero attached hydrogens (tertiary/aromatic N) is 3. The van der Waals surface area contributed by atoms with Crippen LogP contribution in [0, 0.1) is 6.92 Å². The number of benzene rings is 2. The van der Waals surface area contributed by atoms with Gasteiger partial charge in [0, 0.05) is 12.6 Å². The molecule has 4 nitrogen and oxygen atoms in total. The zero-order chi connectivity index (χ0) is 16.1. The second kappa shape index (κ2) is 7.24. The lowest BCUT2D eigenvalue weighted by Crippen LogP contribution is -2.23. The first-order chi connectivity index (χ1) is 11.2. The maximum absolute atomic E-state index is 5.76. The van der Waals surface area contributed by atoms with Crippen molar-refractivity contribution in [1.82, 2.24) is 10.2 Å². The maximum atomic E-state index is 5.76. The first-order valence-electron chi connectivity index (χ1n) is 7.52. The zero-order valence-corrected chi connectivity index (χ0v) is 14.1. The van der Waals surface area contributed by atoms with E-state index in [9.17, 15) is 0 Å². The first kappa shape index (κ1) is 15.5. The summed E-state index contributed by atoms with van der Waals surface area (Å²) >= 11 is 1.59. The highest BCUT2D eigenvalue weighted by atomic mass is 32.1. The minimum absolute atomic E-state index is 0.611. The molecule has 0 amide bonds. The maximum Gasteiger partial charge on any atom is 0.208 e. The van der Waals surface area contributed by atoms with Crippen LogP contribution in [-0.2, 0) is 0 Å². The number of aromatic nitrogens is 2. The number of aryl methyl sites for hydroxylation is 1. The molecule has 0 radical (unpaired) electrons. The van der Waals surface area contributed by atoms with Crippen molar-refractivity contribution in [3.05, 3.63) is 60.2 Å². The van der Waals surface area contributed by atoms with Gasteiger partial charge in [0.2, 0.25) is 5.13 Å². The molecule has 0 aliphatic heterocycles. The van der Waals surface area contributed by atoms with E-state index in [-0.39, 0.29) is 0 Å². The quantitative estimate of drug-likeness (QED) is 0.686. The van der Waals surface area contributed by atoms with Gasteiger partial charge in [-0.1, -0.05) is 59.4 Å². The van der Waals surface area contributed by atoms with E-state index in [1.807, 2.05) is 49.5 Å². The van der Waals surface area contributed by atoms with E-state index in [0.717, 1.165) is 28.0 Å². The molecule has 0 atom stereocenters. The van der Waals surface area contributed by atoms with Crippen LogP contribution in [0.15, 0.2) is 54.6 Å². The van der Waals surface area contributed by atoms with Crippen LogP contribution in [-0.4, -0.2) is 30.4 Å². The van der Waals surface area contributed by atoms with Gasteiger partial charge in [-0.05, 0) is 19.1 Å². The predicted molar refractivity (Wildman–Crippen MR) is 95.3 cm³/mol. The number of hydrogen-bond acceptors (Lipinski definition) is 5. The highest BCUT2D eigenvalue weighted by Gasteiger charge is 2.10. The third kappa shape index (κ3) is 4.07. The molecule has 1 heterocycles. The first-order valence-corrected chi connectivity index (χ1v) is 8.33. The van der Waals surface area contributed by atoms with Gasteiger partial charge in [-0.2, -0.15) is 0 Å². The van der Waals surface area contributed by atoms with Crippen molar-refractivity contribution in [1.29, 1.82) is 0 Å². The Morgan fingerprint density at radius 2 is 1.74 bits per heavy atom. The summed E-state index contributed by atoms with van der Waals surface area (Å²) in [4.78, 5) is 2.07. The zero-order valence-electron chi connectivity index (χ0n) is 13.3. The molecule has 1 aromatic heterocycles. The molecule has 5 heteroatoms. The Morgan fingerprint density at radius 3 is 2.48 bits per heavy atom. The van der Waals surface area contributed by atoms with Crippen LogP contribution in [0.3, 0.4) is 0 Å². The SMILES string of the molecule is Cc1ccc(OCCN(C)c2nnc(-c3ccccc3)s2)cc1. The molecule has 0 aliphatic rings. The average molecular weight is 325 g/mol. The van der Waals surface area contributed by atoms with Crippen molar-refractivity contribution in [2.24, 2.45) is 0 Å². The summed E-state index contributed by atoms with van der Waals surface area (Å²) in [5.41, 5.74) is 2.33. The van der Waals surface area contributed by atoms with E-state index in [1.54, 1.807) is 11.3 Å². The third-order valence-electron chi connectivity index (χ3n) is 3.48. The second-order valence-electron chi connectivity index (χ2n) is 5.34. The average Bonchev–Trinajstić information content (AvgIpc) is 3.07. The van der Waals surface area contributed by atoms with Crippen molar-refractivity contribution in [3.63, 3.8) is 0 Å². The lowest BCUT2D eigenvalue weighted by Gasteiger charge is -2.15. The Labute approximate surface area is 140 Å². The van der Waals surface area contributed by atoms with Gasteiger partial charge >= 0.3 is 0 Å². The lowest BCUT2D eigenvalue weighted by atomic mass is 10.2. The van der Waals surface area contributed by atoms with E-state index in [2.05, 4.69) is 34.2 Å². The Morgan fingerprint density at radius 1 is 1.00 bits per heavy atom. The third-order valence-corrected chi connectivity index (χ3v) is 4.56. The fraction of sp³-hybridized carbons (Fsp3) is 0.222. The number of likely N-dealkylation sites (N-methyl/N-ethyl adjacent to an activating group) is 1. The standard InChI is InChI=1S/C18H19N3OS/c1-14-8-10-16(11-9-14)22-13-12-21(2)18-20-19-17(23-18)15-6-4-3-5-7-15/h3-11H,12-13H2,1-2H3. The molecule has 0 fully saturated rings. The summed E-state index contributed by atoms with van der Waals surface area (Å²) in [6, 6.07) is 18.2. The fourth-order valence-electron chi connectivity index (χ4n) is 2.10. The van der Waals surface area contributed by atoms with E-state index in [0.29, 0.717) is 6.61 Å². The monoisotopic (exact) mass is 325 g/mol. The molecule has 118 valence electrons. The number of rotatable bonds is 6. The molecule has 0 spiro atoms. The van der Waals surface area contributed by atoms with Crippen molar-refractivity contribution >= 4 is 16.5 Å². The molecule has 0 saturated carbocycles. The largest absolute Gasteiger partial charge is 0.492 e. The number of ether oxygens (including phenoxy) is 1. The molecule has 0 unspecified atom stereocenters. The van der Waals surface area contributed by atoms with Gasteiger partial charge in [0.25, 0.3) is 0 Å². The van der Waals surface area contributed by atoms with Crippen LogP contribution in [0.2, 0.25) is 0 Å². The van der Waals surface area contributed by atoms with Gasteiger partial charge in [0.05, 0.1) is 6.54 Å². The minimum Gasteiger partial charge on any atom is -0.492 e. The summed E-state index contributed by atoms with van der Waals surface area (Å²) in [7, 11) is 2.01. The van der Waals surface area contributed by atoms with Crippen molar-refractivity contribution < 1.29 is 4.74 Å². The van der Waals surface area contributed by atoms with Crippen molar-refractivity contribution in [2.45, 2.75) is 6.92 Å². The smallest absolute Gasteiger partial charge is 0.208 e. The van der Waals surface area contributed by atoms with Gasteiger partial charge in [-0.3, -0.25) is 0 Å². The lowest BCUT2D eigenvalue weighted by molar-refractivity contribution is 0.326. The fourth-order valence-corrected chi connectivity index (χ4v) is 2.93. The highest BCUT2D eigenvalue weighted by molar-refractivity contribution is 7.18. The summed E-state index contributed by atoms with van der Waals surface area (Å²) in [6.07, 6.45) is 0. The molecule has 2 aromatic carbocycles. The van der Waals surface area contributed by atoms with E-state index in [4.69, 9.17) is 4.74 Å². The van der Waals surface area contributed by atoms with Crippen LogP contribution in [0.5, 0.6) is 5.75 Å². The highest BCUT2D eigenvalue weighted by Crippen LogP contribution is 2.27. The molecule has 3 aromatic rings. The van der Waals surface area contributed by atoms with Gasteiger partial charge in [-0.25, -0.2) is 0 Å². The van der Waals surface area contributed by atoms with Gasteiger partial charge in [0.15, 0.2) is 0 Å². The van der Waals surface area contributed by atoms with Crippen LogP contribution in [0.4, 0.5) is 5.13 Å². The summed E-state index contributed by atoms with van der Waals surface area (Å²) < 4.78 is 5.76. The predicted octanol–water partition coefficient (Wildman–Crippen LogP) is 4.03. The molecule has 23 heavy (non-hydrogen) atoms. The topological polar surface area (TPSA) is 38.2 Å². The van der Waals surface area contributed by atoms with Crippen molar-refractivity contribution in [3.8, 4) is 16.3 Å². The molecule has 0 aliphatic carbocycles. The number of hydrogen-bond donors (Lipinski definition) is 0. The minimum atomic E-state index is 0.611. The normalized spacial score (nSPS) is 10.5. The van der Waals surface area contributed by atoms with Crippen LogP contribution in [0.1, 0.15) is 5.56 Å². The number of anilines is 1. The van der Waals surface area contributed by atoms with Gasteiger partial charge in [-0.15, -0.1) is 10.2 Å². The summed E-state index contributed by atoms with van der Waals surface area (Å²) in [6.45, 7) is 3.44. The van der Waals surface area contributed by atoms with Gasteiger partial charge in [0.1, 0.15) is 17.4 Å². The molecular weight excluding hydrogens is 306 g/mol. The summed E-state index contributed by atoms with van der Waals surface area (Å²) in [5.74, 6) is 0.895. The Kier molecular flexibility index (Phi) is 4.88. The molecular formula is C18H19N3OS. The molecule has 3 rings (SSSR count). The summed E-state index contributed by atoms with van der Waals surface area (Å²) in [5, 5.41) is 10.4. The molecule has 0 saturated heterocycles. The second-order valence-corrected chi connectivity index (χ2v) is 6.29. The van der Waals surface area contributed by atoms with Crippen LogP contribution < -0.4 is 9.64 Å². The van der Waals surface area contributed by atoms with Gasteiger partial charge < -0.3 is 9.64 Å². The Balaban J connectivity index is 1.55. The van der Waals surface area contributed by atoms with Crippen molar-refractivity contribution in [2.75, 3.05) is 25.1 Å². The molecule has 0 N–H and O–H groups in total. The Bertz CT molecular complexity index is 740. The Hall–Kier alpha value is -2.40.